The molecule has 0 amide bonds. The summed E-state index contributed by atoms with van der Waals surface area (Å²) < 4.78 is 11.0. The summed E-state index contributed by atoms with van der Waals surface area (Å²) in [7, 11) is 0. The van der Waals surface area contributed by atoms with Crippen LogP contribution in [0.15, 0.2) is 60.7 Å². The third kappa shape index (κ3) is 2.82. The van der Waals surface area contributed by atoms with Crippen molar-refractivity contribution in [3.8, 4) is 39.6 Å². The standard InChI is InChI=1S/C23H17N3O3/c24-11-17-18(25)6-7-19-23(17)16(14-3-8-21-22(9-14)29-12-28-21)10-20(26-19)13-1-4-15(27)5-2-13/h1-11,24,27H,12,25H2. The molecular formula is C23H17N3O3. The molecule has 0 saturated heterocycles. The fourth-order valence-corrected chi connectivity index (χ4v) is 3.60. The number of nitrogen functional groups attached to an aromatic ring is 1. The Hall–Kier alpha value is -4.06. The molecule has 142 valence electrons. The van der Waals surface area contributed by atoms with Crippen LogP contribution < -0.4 is 15.2 Å². The van der Waals surface area contributed by atoms with Crippen molar-refractivity contribution >= 4 is 22.8 Å². The third-order valence-corrected chi connectivity index (χ3v) is 5.04. The zero-order valence-electron chi connectivity index (χ0n) is 15.3. The van der Waals surface area contributed by atoms with Gasteiger partial charge >= 0.3 is 0 Å². The molecule has 1 aliphatic heterocycles. The molecule has 5 rings (SSSR count). The first kappa shape index (κ1) is 17.1. The summed E-state index contributed by atoms with van der Waals surface area (Å²) in [4.78, 5) is 4.79. The van der Waals surface area contributed by atoms with Crippen molar-refractivity contribution in [2.75, 3.05) is 12.5 Å². The lowest BCUT2D eigenvalue weighted by atomic mass is 9.94. The Morgan fingerprint density at radius 1 is 0.931 bits per heavy atom. The molecule has 6 heteroatoms. The van der Waals surface area contributed by atoms with Gasteiger partial charge in [0.25, 0.3) is 0 Å². The van der Waals surface area contributed by atoms with E-state index in [4.69, 9.17) is 25.6 Å². The monoisotopic (exact) mass is 383 g/mol. The number of pyridine rings is 1. The van der Waals surface area contributed by atoms with Crippen LogP contribution in [0.3, 0.4) is 0 Å². The van der Waals surface area contributed by atoms with Gasteiger partial charge in [-0.2, -0.15) is 0 Å². The number of ether oxygens (including phenoxy) is 2. The lowest BCUT2D eigenvalue weighted by Crippen LogP contribution is -1.98. The quantitative estimate of drug-likeness (QED) is 0.355. The van der Waals surface area contributed by atoms with E-state index in [-0.39, 0.29) is 12.5 Å². The maximum Gasteiger partial charge on any atom is 0.231 e. The Kier molecular flexibility index (Phi) is 3.84. The van der Waals surface area contributed by atoms with Crippen molar-refractivity contribution in [2.24, 2.45) is 0 Å². The van der Waals surface area contributed by atoms with Gasteiger partial charge in [0, 0.05) is 28.4 Å². The van der Waals surface area contributed by atoms with E-state index in [0.717, 1.165) is 33.3 Å². The van der Waals surface area contributed by atoms with E-state index in [2.05, 4.69) is 0 Å². The molecule has 0 saturated carbocycles. The van der Waals surface area contributed by atoms with Crippen molar-refractivity contribution in [3.63, 3.8) is 0 Å². The van der Waals surface area contributed by atoms with Crippen LogP contribution >= 0.6 is 0 Å². The maximum absolute atomic E-state index is 9.61. The smallest absolute Gasteiger partial charge is 0.231 e. The van der Waals surface area contributed by atoms with Crippen LogP contribution in [-0.4, -0.2) is 23.1 Å². The molecule has 1 aliphatic rings. The van der Waals surface area contributed by atoms with Gasteiger partial charge in [-0.05, 0) is 65.7 Å². The molecule has 2 heterocycles. The van der Waals surface area contributed by atoms with E-state index in [1.165, 1.54) is 6.21 Å². The van der Waals surface area contributed by atoms with Gasteiger partial charge in [0.05, 0.1) is 11.2 Å². The predicted molar refractivity (Wildman–Crippen MR) is 113 cm³/mol. The van der Waals surface area contributed by atoms with E-state index in [1.807, 2.05) is 42.5 Å². The molecule has 0 spiro atoms. The number of hydrogen-bond acceptors (Lipinski definition) is 6. The fourth-order valence-electron chi connectivity index (χ4n) is 3.60. The number of nitrogens with two attached hydrogens (primary N) is 1. The van der Waals surface area contributed by atoms with Gasteiger partial charge in [0.15, 0.2) is 11.5 Å². The lowest BCUT2D eigenvalue weighted by Gasteiger charge is -2.14. The van der Waals surface area contributed by atoms with Gasteiger partial charge in [0.1, 0.15) is 5.75 Å². The fraction of sp³-hybridized carbons (Fsp3) is 0.0435. The Labute approximate surface area is 166 Å². The van der Waals surface area contributed by atoms with E-state index in [0.29, 0.717) is 22.7 Å². The number of rotatable bonds is 3. The highest BCUT2D eigenvalue weighted by Gasteiger charge is 2.18. The second kappa shape index (κ2) is 6.53. The number of anilines is 1. The van der Waals surface area contributed by atoms with Crippen LogP contribution in [0, 0.1) is 5.41 Å². The Morgan fingerprint density at radius 2 is 1.69 bits per heavy atom. The Morgan fingerprint density at radius 3 is 2.48 bits per heavy atom. The topological polar surface area (TPSA) is 101 Å². The van der Waals surface area contributed by atoms with E-state index in [9.17, 15) is 5.11 Å². The molecule has 3 aromatic carbocycles. The molecule has 1 aromatic heterocycles. The van der Waals surface area contributed by atoms with Crippen molar-refractivity contribution in [1.29, 1.82) is 5.41 Å². The molecule has 0 atom stereocenters. The third-order valence-electron chi connectivity index (χ3n) is 5.04. The predicted octanol–water partition coefficient (Wildman–Crippen LogP) is 4.58. The van der Waals surface area contributed by atoms with E-state index >= 15 is 0 Å². The highest BCUT2D eigenvalue weighted by molar-refractivity contribution is 6.10. The molecule has 6 nitrogen and oxygen atoms in total. The largest absolute Gasteiger partial charge is 0.508 e. The summed E-state index contributed by atoms with van der Waals surface area (Å²) in [5, 5.41) is 18.3. The molecule has 29 heavy (non-hydrogen) atoms. The number of benzene rings is 3. The summed E-state index contributed by atoms with van der Waals surface area (Å²) in [6.07, 6.45) is 1.26. The van der Waals surface area contributed by atoms with E-state index in [1.54, 1.807) is 18.2 Å². The number of phenolic OH excluding ortho intramolecular Hbond substituents is 1. The number of aromatic hydroxyl groups is 1. The molecule has 0 fully saturated rings. The van der Waals surface area contributed by atoms with Crippen molar-refractivity contribution in [3.05, 3.63) is 66.2 Å². The maximum atomic E-state index is 9.61. The molecule has 0 bridgehead atoms. The zero-order chi connectivity index (χ0) is 20.0. The van der Waals surface area contributed by atoms with Crippen molar-refractivity contribution in [2.45, 2.75) is 0 Å². The normalized spacial score (nSPS) is 12.3. The highest BCUT2D eigenvalue weighted by Crippen LogP contribution is 2.40. The molecular weight excluding hydrogens is 366 g/mol. The molecule has 0 radical (unpaired) electrons. The van der Waals surface area contributed by atoms with Gasteiger partial charge in [0.2, 0.25) is 6.79 Å². The average molecular weight is 383 g/mol. The van der Waals surface area contributed by atoms with Gasteiger partial charge in [-0.25, -0.2) is 4.98 Å². The first-order chi connectivity index (χ1) is 14.1. The molecule has 4 aromatic rings. The van der Waals surface area contributed by atoms with Crippen LogP contribution in [0.2, 0.25) is 0 Å². The summed E-state index contributed by atoms with van der Waals surface area (Å²) >= 11 is 0. The van der Waals surface area contributed by atoms with Crippen LogP contribution in [0.4, 0.5) is 5.69 Å². The second-order valence-electron chi connectivity index (χ2n) is 6.78. The lowest BCUT2D eigenvalue weighted by molar-refractivity contribution is 0.174. The van der Waals surface area contributed by atoms with E-state index < -0.39 is 0 Å². The van der Waals surface area contributed by atoms with Gasteiger partial charge in [-0.3, -0.25) is 0 Å². The number of nitrogens with one attached hydrogen (secondary N) is 1. The van der Waals surface area contributed by atoms with Crippen molar-refractivity contribution < 1.29 is 14.6 Å². The van der Waals surface area contributed by atoms with Gasteiger partial charge in [-0.1, -0.05) is 6.07 Å². The molecule has 4 N–H and O–H groups in total. The number of fused-ring (bicyclic) bond motifs is 2. The number of hydrogen-bond donors (Lipinski definition) is 3. The van der Waals surface area contributed by atoms with Crippen molar-refractivity contribution in [1.82, 2.24) is 4.98 Å². The van der Waals surface area contributed by atoms with Crippen LogP contribution in [0.5, 0.6) is 17.2 Å². The number of aromatic nitrogens is 1. The van der Waals surface area contributed by atoms with Crippen LogP contribution in [0.1, 0.15) is 5.56 Å². The number of phenols is 1. The first-order valence-corrected chi connectivity index (χ1v) is 9.07. The molecule has 0 unspecified atom stereocenters. The minimum absolute atomic E-state index is 0.199. The number of nitrogens with zero attached hydrogens (tertiary/aromatic N) is 1. The minimum Gasteiger partial charge on any atom is -0.508 e. The Bertz CT molecular complexity index is 1270. The summed E-state index contributed by atoms with van der Waals surface area (Å²) in [5.74, 6) is 1.58. The van der Waals surface area contributed by atoms with Gasteiger partial charge in [-0.15, -0.1) is 0 Å². The average Bonchev–Trinajstić information content (AvgIpc) is 3.21. The first-order valence-electron chi connectivity index (χ1n) is 9.07. The molecule has 0 aliphatic carbocycles. The van der Waals surface area contributed by atoms with Crippen LogP contribution in [-0.2, 0) is 0 Å². The van der Waals surface area contributed by atoms with Gasteiger partial charge < -0.3 is 25.7 Å². The Balaban J connectivity index is 1.82. The van der Waals surface area contributed by atoms with Crippen LogP contribution in [0.25, 0.3) is 33.3 Å². The SMILES string of the molecule is N=Cc1c(N)ccc2nc(-c3ccc(O)cc3)cc(-c3ccc4c(c3)OCO4)c12. The highest BCUT2D eigenvalue weighted by atomic mass is 16.7. The summed E-state index contributed by atoms with van der Waals surface area (Å²) in [6, 6.07) is 18.3. The minimum atomic E-state index is 0.199. The summed E-state index contributed by atoms with van der Waals surface area (Å²) in [6.45, 7) is 0.202. The zero-order valence-corrected chi connectivity index (χ0v) is 15.3. The second-order valence-corrected chi connectivity index (χ2v) is 6.78. The summed E-state index contributed by atoms with van der Waals surface area (Å²) in [5.41, 5.74) is 11.5.